The van der Waals surface area contributed by atoms with Gasteiger partial charge in [0.2, 0.25) is 0 Å². The standard InChI is InChI=1S/C15H18O4/c1-18-13-8-7-10-5-3-4-6-11(15(16)17)9-12(10)14(13)19-2/h7-9H,3-6H2,1-2H3,(H,16,17)/b11-9+. The lowest BCUT2D eigenvalue weighted by Gasteiger charge is -2.17. The lowest BCUT2D eigenvalue weighted by Crippen LogP contribution is -2.06. The Hall–Kier alpha value is -1.97. The van der Waals surface area contributed by atoms with Gasteiger partial charge < -0.3 is 14.6 Å². The molecule has 1 aromatic carbocycles. The minimum atomic E-state index is -0.863. The number of carbonyl (C=O) groups is 1. The summed E-state index contributed by atoms with van der Waals surface area (Å²) < 4.78 is 10.7. The Morgan fingerprint density at radius 1 is 1.16 bits per heavy atom. The molecule has 4 nitrogen and oxygen atoms in total. The van der Waals surface area contributed by atoms with Gasteiger partial charge in [0.15, 0.2) is 11.5 Å². The van der Waals surface area contributed by atoms with Gasteiger partial charge in [-0.15, -0.1) is 0 Å². The average Bonchev–Trinajstić information content (AvgIpc) is 2.38. The van der Waals surface area contributed by atoms with Crippen LogP contribution in [0.15, 0.2) is 17.7 Å². The number of benzene rings is 1. The number of fused-ring (bicyclic) bond motifs is 1. The Morgan fingerprint density at radius 3 is 2.53 bits per heavy atom. The second-order valence-corrected chi connectivity index (χ2v) is 4.56. The van der Waals surface area contributed by atoms with E-state index in [1.54, 1.807) is 20.3 Å². The summed E-state index contributed by atoms with van der Waals surface area (Å²) in [6, 6.07) is 3.85. The molecule has 0 heterocycles. The van der Waals surface area contributed by atoms with Crippen LogP contribution < -0.4 is 9.47 Å². The highest BCUT2D eigenvalue weighted by molar-refractivity contribution is 5.93. The van der Waals surface area contributed by atoms with Crippen molar-refractivity contribution in [2.75, 3.05) is 14.2 Å². The van der Waals surface area contributed by atoms with Crippen molar-refractivity contribution in [1.82, 2.24) is 0 Å². The first-order valence-corrected chi connectivity index (χ1v) is 6.35. The van der Waals surface area contributed by atoms with Crippen LogP contribution >= 0.6 is 0 Å². The number of aliphatic carboxylic acids is 1. The lowest BCUT2D eigenvalue weighted by molar-refractivity contribution is -0.132. The van der Waals surface area contributed by atoms with E-state index in [0.717, 1.165) is 30.4 Å². The molecular weight excluding hydrogens is 244 g/mol. The molecule has 0 saturated heterocycles. The third kappa shape index (κ3) is 2.72. The Labute approximate surface area is 112 Å². The van der Waals surface area contributed by atoms with Gasteiger partial charge in [0, 0.05) is 11.1 Å². The van der Waals surface area contributed by atoms with Crippen molar-refractivity contribution >= 4 is 12.0 Å². The van der Waals surface area contributed by atoms with Crippen LogP contribution in [0.1, 0.15) is 30.4 Å². The minimum absolute atomic E-state index is 0.424. The fourth-order valence-corrected chi connectivity index (χ4v) is 2.41. The van der Waals surface area contributed by atoms with E-state index in [2.05, 4.69) is 0 Å². The van der Waals surface area contributed by atoms with Crippen LogP contribution in [-0.4, -0.2) is 25.3 Å². The molecular formula is C15H18O4. The SMILES string of the molecule is COc1ccc2c(c1OC)/C=C(/C(=O)O)CCCC2. The Kier molecular flexibility index (Phi) is 4.10. The zero-order chi connectivity index (χ0) is 13.8. The van der Waals surface area contributed by atoms with Crippen molar-refractivity contribution in [3.05, 3.63) is 28.8 Å². The topological polar surface area (TPSA) is 55.8 Å². The van der Waals surface area contributed by atoms with Crippen LogP contribution in [0.2, 0.25) is 0 Å². The molecule has 19 heavy (non-hydrogen) atoms. The highest BCUT2D eigenvalue weighted by atomic mass is 16.5. The molecule has 0 atom stereocenters. The number of carboxylic acids is 1. The molecule has 0 aliphatic heterocycles. The minimum Gasteiger partial charge on any atom is -0.493 e. The number of methoxy groups -OCH3 is 2. The van der Waals surface area contributed by atoms with Crippen molar-refractivity contribution in [3.8, 4) is 11.5 Å². The van der Waals surface area contributed by atoms with E-state index in [4.69, 9.17) is 9.47 Å². The molecule has 0 saturated carbocycles. The largest absolute Gasteiger partial charge is 0.493 e. The van der Waals surface area contributed by atoms with Gasteiger partial charge in [-0.3, -0.25) is 0 Å². The summed E-state index contributed by atoms with van der Waals surface area (Å²) >= 11 is 0. The van der Waals surface area contributed by atoms with E-state index in [0.29, 0.717) is 23.5 Å². The van der Waals surface area contributed by atoms with Gasteiger partial charge in [0.25, 0.3) is 0 Å². The van der Waals surface area contributed by atoms with Crippen LogP contribution in [0.5, 0.6) is 11.5 Å². The highest BCUT2D eigenvalue weighted by Crippen LogP contribution is 2.37. The first kappa shape index (κ1) is 13.5. The van der Waals surface area contributed by atoms with Crippen molar-refractivity contribution < 1.29 is 19.4 Å². The van der Waals surface area contributed by atoms with Gasteiger partial charge in [-0.2, -0.15) is 0 Å². The fourth-order valence-electron chi connectivity index (χ4n) is 2.41. The first-order chi connectivity index (χ1) is 9.17. The first-order valence-electron chi connectivity index (χ1n) is 6.35. The molecule has 1 N–H and O–H groups in total. The summed E-state index contributed by atoms with van der Waals surface area (Å²) in [6.07, 6.45) is 5.12. The quantitative estimate of drug-likeness (QED) is 0.910. The predicted molar refractivity (Wildman–Crippen MR) is 72.7 cm³/mol. The van der Waals surface area contributed by atoms with E-state index in [1.165, 1.54) is 0 Å². The molecule has 0 bridgehead atoms. The van der Waals surface area contributed by atoms with Gasteiger partial charge in [-0.05, 0) is 43.4 Å². The summed E-state index contributed by atoms with van der Waals surface area (Å²) in [5.41, 5.74) is 2.36. The molecule has 0 fully saturated rings. The molecule has 0 amide bonds. The predicted octanol–water partition coefficient (Wildman–Crippen LogP) is 2.90. The van der Waals surface area contributed by atoms with Crippen molar-refractivity contribution in [3.63, 3.8) is 0 Å². The molecule has 0 unspecified atom stereocenters. The van der Waals surface area contributed by atoms with E-state index >= 15 is 0 Å². The molecule has 1 aliphatic rings. The van der Waals surface area contributed by atoms with Gasteiger partial charge in [0.05, 0.1) is 14.2 Å². The number of hydrogen-bond acceptors (Lipinski definition) is 3. The van der Waals surface area contributed by atoms with Crippen molar-refractivity contribution in [1.29, 1.82) is 0 Å². The normalized spacial score (nSPS) is 17.5. The molecule has 4 heteroatoms. The molecule has 0 radical (unpaired) electrons. The second kappa shape index (κ2) is 5.78. The molecule has 2 rings (SSSR count). The number of carboxylic acid groups (broad SMARTS) is 1. The van der Waals surface area contributed by atoms with E-state index in [1.807, 2.05) is 12.1 Å². The van der Waals surface area contributed by atoms with E-state index in [-0.39, 0.29) is 0 Å². The van der Waals surface area contributed by atoms with Crippen LogP contribution in [0, 0.1) is 0 Å². The van der Waals surface area contributed by atoms with Crippen LogP contribution in [-0.2, 0) is 11.2 Å². The summed E-state index contributed by atoms with van der Waals surface area (Å²) in [5, 5.41) is 9.23. The van der Waals surface area contributed by atoms with Gasteiger partial charge in [-0.25, -0.2) is 4.79 Å². The summed E-state index contributed by atoms with van der Waals surface area (Å²) in [6.45, 7) is 0. The fraction of sp³-hybridized carbons (Fsp3) is 0.400. The van der Waals surface area contributed by atoms with Gasteiger partial charge in [-0.1, -0.05) is 6.07 Å². The zero-order valence-corrected chi connectivity index (χ0v) is 11.2. The van der Waals surface area contributed by atoms with Crippen LogP contribution in [0.3, 0.4) is 0 Å². The smallest absolute Gasteiger partial charge is 0.331 e. The summed E-state index contributed by atoms with van der Waals surface area (Å²) in [7, 11) is 3.15. The molecule has 1 aromatic rings. The molecule has 1 aliphatic carbocycles. The highest BCUT2D eigenvalue weighted by Gasteiger charge is 2.18. The maximum absolute atomic E-state index is 11.2. The number of rotatable bonds is 3. The Bertz CT molecular complexity index is 517. The van der Waals surface area contributed by atoms with Gasteiger partial charge >= 0.3 is 5.97 Å². The number of aryl methyl sites for hydroxylation is 1. The summed E-state index contributed by atoms with van der Waals surface area (Å²) in [4.78, 5) is 11.2. The maximum Gasteiger partial charge on any atom is 0.331 e. The molecule has 0 aromatic heterocycles. The molecule has 0 spiro atoms. The number of hydrogen-bond donors (Lipinski definition) is 1. The lowest BCUT2D eigenvalue weighted by atomic mass is 9.93. The van der Waals surface area contributed by atoms with Gasteiger partial charge in [0.1, 0.15) is 0 Å². The molecule has 102 valence electrons. The Balaban J connectivity index is 2.61. The third-order valence-electron chi connectivity index (χ3n) is 3.41. The van der Waals surface area contributed by atoms with Crippen LogP contribution in [0.25, 0.3) is 6.08 Å². The van der Waals surface area contributed by atoms with Crippen LogP contribution in [0.4, 0.5) is 0 Å². The zero-order valence-electron chi connectivity index (χ0n) is 11.2. The van der Waals surface area contributed by atoms with E-state index < -0.39 is 5.97 Å². The average molecular weight is 262 g/mol. The second-order valence-electron chi connectivity index (χ2n) is 4.56. The third-order valence-corrected chi connectivity index (χ3v) is 3.41. The monoisotopic (exact) mass is 262 g/mol. The maximum atomic E-state index is 11.2. The number of ether oxygens (including phenoxy) is 2. The summed E-state index contributed by atoms with van der Waals surface area (Å²) in [5.74, 6) is 0.376. The van der Waals surface area contributed by atoms with Crippen molar-refractivity contribution in [2.24, 2.45) is 0 Å². The Morgan fingerprint density at radius 2 is 1.89 bits per heavy atom. The van der Waals surface area contributed by atoms with Crippen molar-refractivity contribution in [2.45, 2.75) is 25.7 Å². The van der Waals surface area contributed by atoms with E-state index in [9.17, 15) is 9.90 Å².